The van der Waals surface area contributed by atoms with E-state index in [9.17, 15) is 18.4 Å². The Hall–Kier alpha value is -2.07. The minimum atomic E-state index is -1.23. The fourth-order valence-corrected chi connectivity index (χ4v) is 1.78. The van der Waals surface area contributed by atoms with Crippen LogP contribution in [0.15, 0.2) is 42.5 Å². The third kappa shape index (κ3) is 2.69. The molecule has 5 heteroatoms. The van der Waals surface area contributed by atoms with E-state index in [1.165, 1.54) is 12.1 Å². The van der Waals surface area contributed by atoms with Gasteiger partial charge in [0, 0.05) is 11.1 Å². The molecule has 0 bridgehead atoms. The van der Waals surface area contributed by atoms with Crippen molar-refractivity contribution in [1.29, 1.82) is 0 Å². The van der Waals surface area contributed by atoms with Crippen molar-refractivity contribution in [2.24, 2.45) is 0 Å². The maximum Gasteiger partial charge on any atom is 0.235 e. The van der Waals surface area contributed by atoms with Gasteiger partial charge in [-0.3, -0.25) is 9.59 Å². The summed E-state index contributed by atoms with van der Waals surface area (Å²) in [6.07, 6.45) is 0. The minimum Gasteiger partial charge on any atom is -0.285 e. The van der Waals surface area contributed by atoms with Crippen LogP contribution >= 0.6 is 11.6 Å². The summed E-state index contributed by atoms with van der Waals surface area (Å²) in [4.78, 5) is 23.8. The Morgan fingerprint density at radius 2 is 1.47 bits per heavy atom. The van der Waals surface area contributed by atoms with Gasteiger partial charge in [0.25, 0.3) is 0 Å². The van der Waals surface area contributed by atoms with Crippen LogP contribution in [0, 0.1) is 11.6 Å². The van der Waals surface area contributed by atoms with E-state index in [2.05, 4.69) is 0 Å². The van der Waals surface area contributed by atoms with Crippen molar-refractivity contribution in [2.45, 2.75) is 0 Å². The van der Waals surface area contributed by atoms with Crippen LogP contribution < -0.4 is 0 Å². The van der Waals surface area contributed by atoms with Crippen molar-refractivity contribution < 1.29 is 18.4 Å². The van der Waals surface area contributed by atoms with E-state index in [4.69, 9.17) is 11.6 Å². The van der Waals surface area contributed by atoms with E-state index < -0.39 is 23.2 Å². The quantitative estimate of drug-likeness (QED) is 0.488. The fourth-order valence-electron chi connectivity index (χ4n) is 1.54. The van der Waals surface area contributed by atoms with Crippen LogP contribution in [0.25, 0.3) is 0 Å². The van der Waals surface area contributed by atoms with Gasteiger partial charge in [0.1, 0.15) is 0 Å². The van der Waals surface area contributed by atoms with Crippen molar-refractivity contribution in [3.63, 3.8) is 0 Å². The first-order valence-corrected chi connectivity index (χ1v) is 5.67. The van der Waals surface area contributed by atoms with Gasteiger partial charge in [-0.25, -0.2) is 8.78 Å². The predicted molar refractivity (Wildman–Crippen MR) is 66.5 cm³/mol. The fraction of sp³-hybridized carbons (Fsp3) is 0. The Bertz CT molecular complexity index is 654. The Kier molecular flexibility index (Phi) is 3.71. The lowest BCUT2D eigenvalue weighted by Gasteiger charge is -2.04. The Balaban J connectivity index is 2.40. The molecule has 0 aliphatic rings. The van der Waals surface area contributed by atoms with E-state index in [1.807, 2.05) is 0 Å². The molecule has 0 aliphatic carbocycles. The molecular weight excluding hydrogens is 274 g/mol. The van der Waals surface area contributed by atoms with Crippen molar-refractivity contribution in [3.8, 4) is 0 Å². The summed E-state index contributed by atoms with van der Waals surface area (Å²) < 4.78 is 26.0. The standard InChI is InChI=1S/C14H7ClF2O2/c15-10-7-12(17)11(16)6-9(10)14(19)13(18)8-4-2-1-3-5-8/h1-7H. The molecule has 0 amide bonds. The first-order chi connectivity index (χ1) is 9.00. The summed E-state index contributed by atoms with van der Waals surface area (Å²) in [6.45, 7) is 0. The maximum atomic E-state index is 13.1. The summed E-state index contributed by atoms with van der Waals surface area (Å²) >= 11 is 5.65. The monoisotopic (exact) mass is 280 g/mol. The van der Waals surface area contributed by atoms with E-state index in [0.717, 1.165) is 0 Å². The molecule has 0 unspecified atom stereocenters. The van der Waals surface area contributed by atoms with Gasteiger partial charge in [0.2, 0.25) is 11.6 Å². The van der Waals surface area contributed by atoms with Crippen LogP contribution in [0.5, 0.6) is 0 Å². The minimum absolute atomic E-state index is 0.160. The molecule has 0 fully saturated rings. The molecule has 0 aromatic heterocycles. The second kappa shape index (κ2) is 5.28. The van der Waals surface area contributed by atoms with Crippen LogP contribution in [0.4, 0.5) is 8.78 Å². The summed E-state index contributed by atoms with van der Waals surface area (Å²) in [5.74, 6) is -4.20. The topological polar surface area (TPSA) is 34.1 Å². The largest absolute Gasteiger partial charge is 0.285 e. The second-order valence-corrected chi connectivity index (χ2v) is 4.18. The number of Topliss-reactive ketones (excluding diaryl/α,β-unsaturated/α-hetero) is 2. The van der Waals surface area contributed by atoms with Gasteiger partial charge in [-0.1, -0.05) is 41.9 Å². The highest BCUT2D eigenvalue weighted by Crippen LogP contribution is 2.21. The van der Waals surface area contributed by atoms with Crippen LogP contribution in [0.2, 0.25) is 5.02 Å². The third-order valence-electron chi connectivity index (χ3n) is 2.50. The number of benzene rings is 2. The normalized spacial score (nSPS) is 10.3. The Morgan fingerprint density at radius 3 is 2.11 bits per heavy atom. The number of rotatable bonds is 3. The maximum absolute atomic E-state index is 13.1. The summed E-state index contributed by atoms with van der Waals surface area (Å²) in [6, 6.07) is 9.07. The van der Waals surface area contributed by atoms with E-state index in [1.54, 1.807) is 18.2 Å². The van der Waals surface area contributed by atoms with E-state index in [-0.39, 0.29) is 16.1 Å². The van der Waals surface area contributed by atoms with Gasteiger partial charge in [0.05, 0.1) is 5.02 Å². The number of carbonyl (C=O) groups is 2. The van der Waals surface area contributed by atoms with Crippen LogP contribution in [0.3, 0.4) is 0 Å². The zero-order valence-corrected chi connectivity index (χ0v) is 10.2. The molecular formula is C14H7ClF2O2. The van der Waals surface area contributed by atoms with E-state index in [0.29, 0.717) is 12.1 Å². The predicted octanol–water partition coefficient (Wildman–Crippen LogP) is 3.68. The summed E-state index contributed by atoms with van der Waals surface area (Å²) in [7, 11) is 0. The summed E-state index contributed by atoms with van der Waals surface area (Å²) in [5.41, 5.74) is -0.192. The highest BCUT2D eigenvalue weighted by molar-refractivity contribution is 6.51. The summed E-state index contributed by atoms with van der Waals surface area (Å²) in [5, 5.41) is -0.298. The molecule has 0 atom stereocenters. The van der Waals surface area contributed by atoms with E-state index >= 15 is 0 Å². The molecule has 0 saturated carbocycles. The van der Waals surface area contributed by atoms with Gasteiger partial charge < -0.3 is 0 Å². The first-order valence-electron chi connectivity index (χ1n) is 5.29. The van der Waals surface area contributed by atoms with Crippen molar-refractivity contribution in [1.82, 2.24) is 0 Å². The highest BCUT2D eigenvalue weighted by atomic mass is 35.5. The lowest BCUT2D eigenvalue weighted by Crippen LogP contribution is -2.15. The van der Waals surface area contributed by atoms with Gasteiger partial charge >= 0.3 is 0 Å². The lowest BCUT2D eigenvalue weighted by atomic mass is 10.0. The molecule has 2 rings (SSSR count). The number of halogens is 3. The zero-order valence-electron chi connectivity index (χ0n) is 9.49. The van der Waals surface area contributed by atoms with Gasteiger partial charge in [0.15, 0.2) is 11.6 Å². The number of hydrogen-bond donors (Lipinski definition) is 0. The zero-order chi connectivity index (χ0) is 14.0. The molecule has 2 aromatic rings. The molecule has 0 N–H and O–H groups in total. The molecule has 0 heterocycles. The molecule has 19 heavy (non-hydrogen) atoms. The van der Waals surface area contributed by atoms with Crippen molar-refractivity contribution in [3.05, 3.63) is 70.2 Å². The number of hydrogen-bond acceptors (Lipinski definition) is 2. The SMILES string of the molecule is O=C(C(=O)c1cc(F)c(F)cc1Cl)c1ccccc1. The molecule has 0 spiro atoms. The smallest absolute Gasteiger partial charge is 0.235 e. The Morgan fingerprint density at radius 1 is 0.895 bits per heavy atom. The number of carbonyl (C=O) groups excluding carboxylic acids is 2. The first kappa shape index (κ1) is 13.4. The number of ketones is 2. The van der Waals surface area contributed by atoms with Gasteiger partial charge in [-0.15, -0.1) is 0 Å². The molecule has 0 saturated heterocycles. The van der Waals surface area contributed by atoms with Crippen molar-refractivity contribution in [2.75, 3.05) is 0 Å². The average Bonchev–Trinajstić information content (AvgIpc) is 2.42. The average molecular weight is 281 g/mol. The molecule has 96 valence electrons. The Labute approximate surface area is 112 Å². The molecule has 0 radical (unpaired) electrons. The third-order valence-corrected chi connectivity index (χ3v) is 2.81. The molecule has 2 nitrogen and oxygen atoms in total. The van der Waals surface area contributed by atoms with Crippen LogP contribution in [-0.4, -0.2) is 11.6 Å². The van der Waals surface area contributed by atoms with Crippen molar-refractivity contribution >= 4 is 23.2 Å². The van der Waals surface area contributed by atoms with Crippen LogP contribution in [0.1, 0.15) is 20.7 Å². The lowest BCUT2D eigenvalue weighted by molar-refractivity contribution is 0.0816. The van der Waals surface area contributed by atoms with Gasteiger partial charge in [-0.05, 0) is 12.1 Å². The van der Waals surface area contributed by atoms with Crippen LogP contribution in [-0.2, 0) is 0 Å². The molecule has 0 aliphatic heterocycles. The highest BCUT2D eigenvalue weighted by Gasteiger charge is 2.22. The second-order valence-electron chi connectivity index (χ2n) is 3.77. The molecule has 2 aromatic carbocycles. The van der Waals surface area contributed by atoms with Gasteiger partial charge in [-0.2, -0.15) is 0 Å².